The summed E-state index contributed by atoms with van der Waals surface area (Å²) >= 11 is 5.66. The Bertz CT molecular complexity index is 737. The van der Waals surface area contributed by atoms with Gasteiger partial charge in [-0.3, -0.25) is 4.79 Å². The maximum absolute atomic E-state index is 12.7. The maximum atomic E-state index is 12.7. The number of amides is 1. The molecule has 0 saturated carbocycles. The van der Waals surface area contributed by atoms with E-state index >= 15 is 0 Å². The zero-order valence-electron chi connectivity index (χ0n) is 11.5. The first kappa shape index (κ1) is 18.1. The lowest BCUT2D eigenvalue weighted by Crippen LogP contribution is -2.16. The van der Waals surface area contributed by atoms with Crippen LogP contribution in [0.15, 0.2) is 36.4 Å². The molecule has 0 unspecified atom stereocenters. The summed E-state index contributed by atoms with van der Waals surface area (Å²) in [5, 5.41) is 2.15. The number of rotatable bonds is 2. The van der Waals surface area contributed by atoms with E-state index in [2.05, 4.69) is 6.07 Å². The summed E-state index contributed by atoms with van der Waals surface area (Å²) in [6.45, 7) is 0. The van der Waals surface area contributed by atoms with Crippen LogP contribution in [-0.4, -0.2) is 5.91 Å². The Labute approximate surface area is 137 Å². The van der Waals surface area contributed by atoms with Gasteiger partial charge in [-0.25, -0.2) is 0 Å². The van der Waals surface area contributed by atoms with Crippen LogP contribution in [0, 0.1) is 6.07 Å². The molecule has 0 aliphatic heterocycles. The SMILES string of the molecule is O=C(Nc1cc(C(F)(F)F)cc(C(F)(F)F)c1)c1[c]ccc(Cl)c1. The second kappa shape index (κ2) is 6.35. The summed E-state index contributed by atoms with van der Waals surface area (Å²) < 4.78 is 76.5. The summed E-state index contributed by atoms with van der Waals surface area (Å²) in [4.78, 5) is 11.9. The first-order valence-corrected chi connectivity index (χ1v) is 6.63. The third kappa shape index (κ3) is 4.41. The average molecular weight is 367 g/mol. The minimum absolute atomic E-state index is 0.0266. The van der Waals surface area contributed by atoms with E-state index in [1.54, 1.807) is 0 Å². The van der Waals surface area contributed by atoms with Crippen molar-refractivity contribution >= 4 is 23.2 Å². The number of carbonyl (C=O) groups is 1. The molecule has 2 nitrogen and oxygen atoms in total. The van der Waals surface area contributed by atoms with Crippen LogP contribution in [0.2, 0.25) is 5.02 Å². The summed E-state index contributed by atoms with van der Waals surface area (Å²) in [6, 6.07) is 7.16. The highest BCUT2D eigenvalue weighted by molar-refractivity contribution is 6.31. The van der Waals surface area contributed by atoms with E-state index in [1.807, 2.05) is 5.32 Å². The molecule has 1 N–H and O–H groups in total. The van der Waals surface area contributed by atoms with Gasteiger partial charge in [0.05, 0.1) is 11.1 Å². The molecule has 0 aliphatic carbocycles. The zero-order valence-corrected chi connectivity index (χ0v) is 12.3. The minimum atomic E-state index is -5.00. The molecular formula is C15H7ClF6NO. The summed E-state index contributed by atoms with van der Waals surface area (Å²) in [5.41, 5.74) is -3.82. The van der Waals surface area contributed by atoms with Crippen molar-refractivity contribution in [3.8, 4) is 0 Å². The molecule has 0 spiro atoms. The lowest BCUT2D eigenvalue weighted by Gasteiger charge is -2.14. The smallest absolute Gasteiger partial charge is 0.322 e. The van der Waals surface area contributed by atoms with Gasteiger partial charge in [0, 0.05) is 16.3 Å². The van der Waals surface area contributed by atoms with Crippen LogP contribution in [0.1, 0.15) is 21.5 Å². The van der Waals surface area contributed by atoms with Crippen molar-refractivity contribution in [3.63, 3.8) is 0 Å². The predicted octanol–water partition coefficient (Wildman–Crippen LogP) is 5.43. The van der Waals surface area contributed by atoms with E-state index in [9.17, 15) is 31.1 Å². The molecule has 0 fully saturated rings. The summed E-state index contributed by atoms with van der Waals surface area (Å²) in [5.74, 6) is -0.940. The number of alkyl halides is 6. The Hall–Kier alpha value is -2.22. The first-order valence-electron chi connectivity index (χ1n) is 6.25. The molecule has 1 radical (unpaired) electrons. The van der Waals surface area contributed by atoms with E-state index in [1.165, 1.54) is 18.2 Å². The standard InChI is InChI=1S/C15H7ClF6NO/c16-11-3-1-2-8(4-11)13(24)23-12-6-9(14(17,18)19)5-10(7-12)15(20,21)22/h1,3-7H,(H,23,24). The highest BCUT2D eigenvalue weighted by atomic mass is 35.5. The lowest BCUT2D eigenvalue weighted by atomic mass is 10.1. The van der Waals surface area contributed by atoms with E-state index < -0.39 is 35.1 Å². The van der Waals surface area contributed by atoms with Crippen LogP contribution in [0.4, 0.5) is 32.0 Å². The molecule has 0 aliphatic rings. The van der Waals surface area contributed by atoms with Crippen molar-refractivity contribution in [3.05, 3.63) is 64.2 Å². The van der Waals surface area contributed by atoms with Crippen molar-refractivity contribution in [2.75, 3.05) is 5.32 Å². The van der Waals surface area contributed by atoms with Crippen LogP contribution in [0.3, 0.4) is 0 Å². The fraction of sp³-hybridized carbons (Fsp3) is 0.133. The van der Waals surface area contributed by atoms with Gasteiger partial charge in [0.15, 0.2) is 0 Å². The quantitative estimate of drug-likeness (QED) is 0.705. The number of carbonyl (C=O) groups excluding carboxylic acids is 1. The Morgan fingerprint density at radius 3 is 1.96 bits per heavy atom. The molecule has 24 heavy (non-hydrogen) atoms. The molecular weight excluding hydrogens is 360 g/mol. The van der Waals surface area contributed by atoms with Crippen molar-refractivity contribution in [1.82, 2.24) is 0 Å². The third-order valence-corrected chi connectivity index (χ3v) is 3.09. The number of hydrogen-bond acceptors (Lipinski definition) is 1. The van der Waals surface area contributed by atoms with E-state index in [0.717, 1.165) is 0 Å². The van der Waals surface area contributed by atoms with Crippen molar-refractivity contribution in [1.29, 1.82) is 0 Å². The number of benzene rings is 2. The van der Waals surface area contributed by atoms with Gasteiger partial charge in [-0.2, -0.15) is 26.3 Å². The van der Waals surface area contributed by atoms with Crippen LogP contribution < -0.4 is 5.32 Å². The fourth-order valence-corrected chi connectivity index (χ4v) is 1.97. The average Bonchev–Trinajstić information content (AvgIpc) is 2.45. The molecule has 0 saturated heterocycles. The number of hydrogen-bond donors (Lipinski definition) is 1. The van der Waals surface area contributed by atoms with Crippen molar-refractivity contribution in [2.24, 2.45) is 0 Å². The second-order valence-electron chi connectivity index (χ2n) is 4.67. The first-order chi connectivity index (χ1) is 11.0. The monoisotopic (exact) mass is 366 g/mol. The third-order valence-electron chi connectivity index (χ3n) is 2.85. The van der Waals surface area contributed by atoms with Crippen LogP contribution in [-0.2, 0) is 12.4 Å². The molecule has 2 rings (SSSR count). The lowest BCUT2D eigenvalue weighted by molar-refractivity contribution is -0.143. The maximum Gasteiger partial charge on any atom is 0.416 e. The zero-order chi connectivity index (χ0) is 18.1. The normalized spacial score (nSPS) is 12.1. The van der Waals surface area contributed by atoms with Gasteiger partial charge in [-0.05, 0) is 36.4 Å². The van der Waals surface area contributed by atoms with E-state index in [4.69, 9.17) is 11.6 Å². The van der Waals surface area contributed by atoms with E-state index in [-0.39, 0.29) is 16.7 Å². The molecule has 0 aromatic heterocycles. The Kier molecular flexibility index (Phi) is 4.80. The largest absolute Gasteiger partial charge is 0.416 e. The molecule has 2 aromatic carbocycles. The van der Waals surface area contributed by atoms with Gasteiger partial charge in [0.2, 0.25) is 0 Å². The molecule has 1 amide bonds. The van der Waals surface area contributed by atoms with E-state index in [0.29, 0.717) is 12.1 Å². The molecule has 0 atom stereocenters. The molecule has 9 heteroatoms. The van der Waals surface area contributed by atoms with Crippen LogP contribution in [0.25, 0.3) is 0 Å². The van der Waals surface area contributed by atoms with Crippen LogP contribution in [0.5, 0.6) is 0 Å². The number of halogens is 7. The Morgan fingerprint density at radius 2 is 1.50 bits per heavy atom. The Morgan fingerprint density at radius 1 is 0.958 bits per heavy atom. The molecule has 0 bridgehead atoms. The van der Waals surface area contributed by atoms with Gasteiger partial charge in [-0.15, -0.1) is 0 Å². The van der Waals surface area contributed by atoms with Gasteiger partial charge in [0.25, 0.3) is 5.91 Å². The fourth-order valence-electron chi connectivity index (χ4n) is 1.80. The number of nitrogens with one attached hydrogen (secondary N) is 1. The predicted molar refractivity (Wildman–Crippen MR) is 74.7 cm³/mol. The van der Waals surface area contributed by atoms with Gasteiger partial charge < -0.3 is 5.32 Å². The summed E-state index contributed by atoms with van der Waals surface area (Å²) in [7, 11) is 0. The van der Waals surface area contributed by atoms with Crippen molar-refractivity contribution < 1.29 is 31.1 Å². The highest BCUT2D eigenvalue weighted by Gasteiger charge is 2.37. The van der Waals surface area contributed by atoms with Gasteiger partial charge in [-0.1, -0.05) is 17.7 Å². The van der Waals surface area contributed by atoms with Gasteiger partial charge in [0.1, 0.15) is 0 Å². The highest BCUT2D eigenvalue weighted by Crippen LogP contribution is 2.37. The van der Waals surface area contributed by atoms with Crippen LogP contribution >= 0.6 is 11.6 Å². The molecule has 2 aromatic rings. The minimum Gasteiger partial charge on any atom is -0.322 e. The van der Waals surface area contributed by atoms with Gasteiger partial charge >= 0.3 is 12.4 Å². The Balaban J connectivity index is 2.40. The summed E-state index contributed by atoms with van der Waals surface area (Å²) in [6.07, 6.45) is -9.99. The van der Waals surface area contributed by atoms with Crippen molar-refractivity contribution in [2.45, 2.75) is 12.4 Å². The number of anilines is 1. The topological polar surface area (TPSA) is 29.1 Å². The molecule has 127 valence electrons. The second-order valence-corrected chi connectivity index (χ2v) is 5.11. The molecule has 0 heterocycles.